The zero-order valence-electron chi connectivity index (χ0n) is 23.1. The first kappa shape index (κ1) is 31.4. The van der Waals surface area contributed by atoms with E-state index in [0.717, 1.165) is 6.26 Å². The molecular formula is C28H27ClF3N3O5S2. The number of rotatable bonds is 9. The molecule has 0 saturated carbocycles. The van der Waals surface area contributed by atoms with Gasteiger partial charge in [-0.3, -0.25) is 9.52 Å². The molecule has 0 unspecified atom stereocenters. The molecule has 0 spiro atoms. The summed E-state index contributed by atoms with van der Waals surface area (Å²) >= 11 is 7.58. The number of amides is 1. The zero-order valence-corrected chi connectivity index (χ0v) is 25.5. The summed E-state index contributed by atoms with van der Waals surface area (Å²) < 4.78 is 75.1. The van der Waals surface area contributed by atoms with Crippen molar-refractivity contribution < 1.29 is 35.9 Å². The van der Waals surface area contributed by atoms with E-state index in [9.17, 15) is 26.4 Å². The second kappa shape index (κ2) is 11.6. The summed E-state index contributed by atoms with van der Waals surface area (Å²) in [5.74, 6) is -0.524. The second-order valence-electron chi connectivity index (χ2n) is 10.3. The summed E-state index contributed by atoms with van der Waals surface area (Å²) in [6.07, 6.45) is -2.70. The minimum absolute atomic E-state index is 0.128. The number of aromatic nitrogens is 1. The van der Waals surface area contributed by atoms with Crippen molar-refractivity contribution >= 4 is 60.5 Å². The fourth-order valence-corrected chi connectivity index (χ4v) is 5.78. The normalized spacial score (nSPS) is 12.4. The summed E-state index contributed by atoms with van der Waals surface area (Å²) in [5.41, 5.74) is 0.556. The van der Waals surface area contributed by atoms with Crippen LogP contribution in [0.5, 0.6) is 11.5 Å². The molecule has 0 fully saturated rings. The summed E-state index contributed by atoms with van der Waals surface area (Å²) in [4.78, 5) is 17.6. The Balaban J connectivity index is 1.64. The SMILES string of the molecule is CC(C)Oc1cc(OC(F)(F)F)cc(C(C)(C)c2cc(Cl)cc(NC(=O)c3cc4cc(NS(C)(=O)=O)ncc4s3)c2)c1. The molecule has 4 aromatic rings. The number of anilines is 2. The van der Waals surface area contributed by atoms with Crippen molar-refractivity contribution in [1.29, 1.82) is 0 Å². The Labute approximate surface area is 249 Å². The van der Waals surface area contributed by atoms with E-state index in [1.807, 2.05) is 0 Å². The van der Waals surface area contributed by atoms with Crippen LogP contribution in [0, 0.1) is 0 Å². The molecule has 14 heteroatoms. The average Bonchev–Trinajstić information content (AvgIpc) is 3.24. The number of fused-ring (bicyclic) bond motifs is 1. The Morgan fingerprint density at radius 2 is 1.67 bits per heavy atom. The Bertz CT molecular complexity index is 1760. The van der Waals surface area contributed by atoms with E-state index >= 15 is 0 Å². The van der Waals surface area contributed by atoms with Crippen LogP contribution in [0.25, 0.3) is 10.1 Å². The van der Waals surface area contributed by atoms with E-state index < -0.39 is 33.5 Å². The predicted octanol–water partition coefficient (Wildman–Crippen LogP) is 7.59. The van der Waals surface area contributed by atoms with E-state index in [0.29, 0.717) is 36.8 Å². The van der Waals surface area contributed by atoms with Crippen LogP contribution in [-0.2, 0) is 15.4 Å². The maximum atomic E-state index is 13.1. The number of hydrogen-bond donors (Lipinski definition) is 2. The standard InChI is InChI=1S/C28H27ClF3N3O5S2/c1-15(2)39-21-10-18(11-22(13-21)40-28(30,31)32)27(3,4)17-8-19(29)12-20(9-17)34-26(36)23-6-16-7-25(35-42(5,37)38)33-14-24(16)41-23/h6-15H,1-5H3,(H,33,35)(H,34,36). The van der Waals surface area contributed by atoms with Gasteiger partial charge in [0.05, 0.1) is 21.9 Å². The van der Waals surface area contributed by atoms with Crippen molar-refractivity contribution in [3.63, 3.8) is 0 Å². The second-order valence-corrected chi connectivity index (χ2v) is 13.6. The summed E-state index contributed by atoms with van der Waals surface area (Å²) in [6.45, 7) is 7.12. The van der Waals surface area contributed by atoms with E-state index in [2.05, 4.69) is 19.8 Å². The summed E-state index contributed by atoms with van der Waals surface area (Å²) in [7, 11) is -3.52. The Hall–Kier alpha value is -3.55. The number of alkyl halides is 3. The highest BCUT2D eigenvalue weighted by Gasteiger charge is 2.33. The van der Waals surface area contributed by atoms with Gasteiger partial charge >= 0.3 is 6.36 Å². The number of nitrogens with one attached hydrogen (secondary N) is 2. The molecule has 2 N–H and O–H groups in total. The first-order chi connectivity index (χ1) is 19.4. The lowest BCUT2D eigenvalue weighted by Gasteiger charge is -2.28. The first-order valence-corrected chi connectivity index (χ1v) is 15.5. The predicted molar refractivity (Wildman–Crippen MR) is 159 cm³/mol. The highest BCUT2D eigenvalue weighted by molar-refractivity contribution is 7.92. The number of hydrogen-bond acceptors (Lipinski definition) is 7. The van der Waals surface area contributed by atoms with Gasteiger partial charge in [-0.1, -0.05) is 25.4 Å². The van der Waals surface area contributed by atoms with Gasteiger partial charge in [-0.15, -0.1) is 24.5 Å². The van der Waals surface area contributed by atoms with Crippen LogP contribution >= 0.6 is 22.9 Å². The van der Waals surface area contributed by atoms with Crippen molar-refractivity contribution in [2.45, 2.75) is 45.6 Å². The van der Waals surface area contributed by atoms with E-state index in [1.54, 1.807) is 58.0 Å². The number of sulfonamides is 1. The number of benzene rings is 2. The molecule has 42 heavy (non-hydrogen) atoms. The third kappa shape index (κ3) is 8.05. The van der Waals surface area contributed by atoms with Gasteiger partial charge in [0.15, 0.2) is 0 Å². The lowest BCUT2D eigenvalue weighted by molar-refractivity contribution is -0.274. The highest BCUT2D eigenvalue weighted by Crippen LogP contribution is 2.39. The summed E-state index contributed by atoms with van der Waals surface area (Å²) in [5, 5.41) is 3.74. The zero-order chi connectivity index (χ0) is 31.0. The van der Waals surface area contributed by atoms with Crippen molar-refractivity contribution in [1.82, 2.24) is 4.98 Å². The van der Waals surface area contributed by atoms with Crippen LogP contribution in [0.15, 0.2) is 54.7 Å². The molecular weight excluding hydrogens is 615 g/mol. The summed E-state index contributed by atoms with van der Waals surface area (Å²) in [6, 6.07) is 12.2. The van der Waals surface area contributed by atoms with Crippen molar-refractivity contribution in [2.24, 2.45) is 0 Å². The van der Waals surface area contributed by atoms with Crippen LogP contribution in [0.1, 0.15) is 48.5 Å². The smallest absolute Gasteiger partial charge is 0.491 e. The van der Waals surface area contributed by atoms with Gasteiger partial charge in [0.2, 0.25) is 10.0 Å². The molecule has 0 aliphatic heterocycles. The number of nitrogens with zero attached hydrogens (tertiary/aromatic N) is 1. The third-order valence-electron chi connectivity index (χ3n) is 6.00. The van der Waals surface area contributed by atoms with Crippen LogP contribution in [0.3, 0.4) is 0 Å². The van der Waals surface area contributed by atoms with Gasteiger partial charge in [0, 0.05) is 28.4 Å². The quantitative estimate of drug-likeness (QED) is 0.195. The number of pyridine rings is 1. The largest absolute Gasteiger partial charge is 0.573 e. The van der Waals surface area contributed by atoms with E-state index in [4.69, 9.17) is 16.3 Å². The first-order valence-electron chi connectivity index (χ1n) is 12.5. The van der Waals surface area contributed by atoms with Crippen molar-refractivity contribution in [3.05, 3.63) is 75.8 Å². The molecule has 2 aromatic heterocycles. The number of carbonyl (C=O) groups excluding carboxylic acids is 1. The molecule has 2 heterocycles. The lowest BCUT2D eigenvalue weighted by Crippen LogP contribution is -2.22. The topological polar surface area (TPSA) is 107 Å². The molecule has 4 rings (SSSR count). The van der Waals surface area contributed by atoms with Gasteiger partial charge in [-0.2, -0.15) is 0 Å². The number of ether oxygens (including phenoxy) is 2. The monoisotopic (exact) mass is 641 g/mol. The molecule has 0 aliphatic rings. The van der Waals surface area contributed by atoms with Gasteiger partial charge in [-0.25, -0.2) is 13.4 Å². The molecule has 1 amide bonds. The van der Waals surface area contributed by atoms with Crippen LogP contribution < -0.4 is 19.5 Å². The highest BCUT2D eigenvalue weighted by atomic mass is 35.5. The number of thiophene rings is 1. The Kier molecular flexibility index (Phi) is 8.68. The minimum Gasteiger partial charge on any atom is -0.491 e. The van der Waals surface area contributed by atoms with E-state index in [-0.39, 0.29) is 17.7 Å². The minimum atomic E-state index is -4.89. The van der Waals surface area contributed by atoms with Gasteiger partial charge in [-0.05, 0) is 72.8 Å². The van der Waals surface area contributed by atoms with Crippen LogP contribution in [-0.4, -0.2) is 38.0 Å². The van der Waals surface area contributed by atoms with E-state index in [1.165, 1.54) is 35.7 Å². The van der Waals surface area contributed by atoms with Gasteiger partial charge in [0.25, 0.3) is 5.91 Å². The van der Waals surface area contributed by atoms with Gasteiger partial charge in [0.1, 0.15) is 17.3 Å². The third-order valence-corrected chi connectivity index (χ3v) is 7.88. The molecule has 8 nitrogen and oxygen atoms in total. The number of halogens is 4. The van der Waals surface area contributed by atoms with Crippen molar-refractivity contribution in [2.75, 3.05) is 16.3 Å². The Morgan fingerprint density at radius 3 is 2.31 bits per heavy atom. The lowest BCUT2D eigenvalue weighted by atomic mass is 9.78. The van der Waals surface area contributed by atoms with Crippen LogP contribution in [0.2, 0.25) is 5.02 Å². The average molecular weight is 642 g/mol. The van der Waals surface area contributed by atoms with Crippen molar-refractivity contribution in [3.8, 4) is 11.5 Å². The van der Waals surface area contributed by atoms with Crippen LogP contribution in [0.4, 0.5) is 24.7 Å². The molecule has 224 valence electrons. The molecule has 0 radical (unpaired) electrons. The number of carbonyl (C=O) groups is 1. The Morgan fingerprint density at radius 1 is 1.00 bits per heavy atom. The fraction of sp³-hybridized carbons (Fsp3) is 0.286. The molecule has 0 saturated heterocycles. The molecule has 2 aromatic carbocycles. The molecule has 0 aliphatic carbocycles. The maximum Gasteiger partial charge on any atom is 0.573 e. The fourth-order valence-electron chi connectivity index (χ4n) is 4.15. The molecule has 0 bridgehead atoms. The maximum absolute atomic E-state index is 13.1. The molecule has 0 atom stereocenters. The van der Waals surface area contributed by atoms with Gasteiger partial charge < -0.3 is 14.8 Å².